The molecule has 1 saturated heterocycles. The molecule has 0 bridgehead atoms. The first-order chi connectivity index (χ1) is 6.24. The molecule has 1 aliphatic heterocycles. The molecule has 0 saturated carbocycles. The highest BCUT2D eigenvalue weighted by Gasteiger charge is 2.21. The van der Waals surface area contributed by atoms with Crippen molar-refractivity contribution in [1.82, 2.24) is 15.0 Å². The maximum atomic E-state index is 9.28. The molecule has 1 aromatic heterocycles. The first-order valence-corrected chi connectivity index (χ1v) is 4.43. The van der Waals surface area contributed by atoms with Crippen LogP contribution >= 0.6 is 0 Å². The van der Waals surface area contributed by atoms with E-state index < -0.39 is 0 Å². The van der Waals surface area contributed by atoms with Crippen molar-refractivity contribution in [3.63, 3.8) is 0 Å². The molecule has 72 valence electrons. The Balaban J connectivity index is 1.91. The summed E-state index contributed by atoms with van der Waals surface area (Å²) in [5, 5.41) is 13.1. The van der Waals surface area contributed by atoms with E-state index in [2.05, 4.69) is 15.0 Å². The molecular weight excluding hydrogens is 170 g/mol. The summed E-state index contributed by atoms with van der Waals surface area (Å²) in [5.41, 5.74) is 0. The average molecular weight is 183 g/mol. The van der Waals surface area contributed by atoms with Gasteiger partial charge < -0.3 is 9.63 Å². The molecule has 1 atom stereocenters. The maximum absolute atomic E-state index is 9.28. The van der Waals surface area contributed by atoms with Crippen molar-refractivity contribution in [2.24, 2.45) is 0 Å². The van der Waals surface area contributed by atoms with Crippen molar-refractivity contribution in [1.29, 1.82) is 0 Å². The number of aromatic nitrogens is 2. The second-order valence-electron chi connectivity index (χ2n) is 3.41. The number of aryl methyl sites for hydroxylation is 1. The van der Waals surface area contributed by atoms with Gasteiger partial charge in [-0.3, -0.25) is 4.90 Å². The first kappa shape index (κ1) is 8.65. The zero-order valence-corrected chi connectivity index (χ0v) is 7.60. The van der Waals surface area contributed by atoms with E-state index in [0.717, 1.165) is 13.0 Å². The van der Waals surface area contributed by atoms with E-state index in [1.54, 1.807) is 6.92 Å². The smallest absolute Gasteiger partial charge is 0.223 e. The minimum absolute atomic E-state index is 0.187. The van der Waals surface area contributed by atoms with E-state index >= 15 is 0 Å². The second-order valence-corrected chi connectivity index (χ2v) is 3.41. The molecule has 5 heteroatoms. The third kappa shape index (κ3) is 2.05. The predicted molar refractivity (Wildman–Crippen MR) is 44.9 cm³/mol. The number of hydrogen-bond donors (Lipinski definition) is 1. The predicted octanol–water partition coefficient (Wildman–Crippen LogP) is -0.0554. The molecule has 1 aromatic rings. The number of β-amino-alcohol motifs (C(OH)–C–C–N with tert-alkyl or cyclic N) is 1. The Morgan fingerprint density at radius 2 is 2.54 bits per heavy atom. The number of hydrogen-bond acceptors (Lipinski definition) is 5. The van der Waals surface area contributed by atoms with Gasteiger partial charge in [0.05, 0.1) is 12.6 Å². The fourth-order valence-corrected chi connectivity index (χ4v) is 1.56. The highest BCUT2D eigenvalue weighted by Crippen LogP contribution is 2.11. The van der Waals surface area contributed by atoms with Gasteiger partial charge in [0.15, 0.2) is 5.82 Å². The summed E-state index contributed by atoms with van der Waals surface area (Å²) in [6, 6.07) is 0. The SMILES string of the molecule is Cc1nc(CN2CCC(O)C2)no1. The molecule has 0 radical (unpaired) electrons. The lowest BCUT2D eigenvalue weighted by atomic mass is 10.3. The van der Waals surface area contributed by atoms with Crippen LogP contribution in [0, 0.1) is 6.92 Å². The molecule has 5 nitrogen and oxygen atoms in total. The maximum Gasteiger partial charge on any atom is 0.223 e. The van der Waals surface area contributed by atoms with Crippen LogP contribution in [0.1, 0.15) is 18.1 Å². The fourth-order valence-electron chi connectivity index (χ4n) is 1.56. The number of aliphatic hydroxyl groups is 1. The summed E-state index contributed by atoms with van der Waals surface area (Å²) in [6.45, 7) is 4.08. The van der Waals surface area contributed by atoms with Gasteiger partial charge in [0.25, 0.3) is 0 Å². The summed E-state index contributed by atoms with van der Waals surface area (Å²) in [6.07, 6.45) is 0.657. The lowest BCUT2D eigenvalue weighted by Crippen LogP contribution is -2.22. The van der Waals surface area contributed by atoms with Gasteiger partial charge in [-0.25, -0.2) is 0 Å². The van der Waals surface area contributed by atoms with Gasteiger partial charge >= 0.3 is 0 Å². The van der Waals surface area contributed by atoms with E-state index in [0.29, 0.717) is 24.8 Å². The van der Waals surface area contributed by atoms with Crippen molar-refractivity contribution in [2.45, 2.75) is 26.0 Å². The lowest BCUT2D eigenvalue weighted by Gasteiger charge is -2.10. The van der Waals surface area contributed by atoms with Crippen molar-refractivity contribution >= 4 is 0 Å². The van der Waals surface area contributed by atoms with Gasteiger partial charge in [0.2, 0.25) is 5.89 Å². The monoisotopic (exact) mass is 183 g/mol. The van der Waals surface area contributed by atoms with Crippen molar-refractivity contribution in [3.05, 3.63) is 11.7 Å². The molecule has 1 unspecified atom stereocenters. The van der Waals surface area contributed by atoms with Gasteiger partial charge in [-0.1, -0.05) is 5.16 Å². The van der Waals surface area contributed by atoms with Crippen LogP contribution in [0.2, 0.25) is 0 Å². The van der Waals surface area contributed by atoms with E-state index in [-0.39, 0.29) is 6.10 Å². The molecule has 0 aliphatic carbocycles. The third-order valence-electron chi connectivity index (χ3n) is 2.18. The zero-order valence-electron chi connectivity index (χ0n) is 7.60. The highest BCUT2D eigenvalue weighted by molar-refractivity contribution is 4.86. The van der Waals surface area contributed by atoms with E-state index in [4.69, 9.17) is 4.52 Å². The second kappa shape index (κ2) is 3.43. The minimum atomic E-state index is -0.187. The third-order valence-corrected chi connectivity index (χ3v) is 2.18. The summed E-state index contributed by atoms with van der Waals surface area (Å²) in [5.74, 6) is 1.29. The Labute approximate surface area is 76.4 Å². The van der Waals surface area contributed by atoms with E-state index in [1.807, 2.05) is 0 Å². The van der Waals surface area contributed by atoms with Crippen LogP contribution in [0.3, 0.4) is 0 Å². The summed E-state index contributed by atoms with van der Waals surface area (Å²) < 4.78 is 4.85. The molecule has 1 N–H and O–H groups in total. The largest absolute Gasteiger partial charge is 0.392 e. The van der Waals surface area contributed by atoms with Crippen molar-refractivity contribution in [2.75, 3.05) is 13.1 Å². The molecule has 2 heterocycles. The molecule has 2 rings (SSSR count). The molecule has 13 heavy (non-hydrogen) atoms. The molecule has 0 aromatic carbocycles. The van der Waals surface area contributed by atoms with Gasteiger partial charge in [0, 0.05) is 20.0 Å². The van der Waals surface area contributed by atoms with E-state index in [9.17, 15) is 5.11 Å². The van der Waals surface area contributed by atoms with Crippen LogP contribution in [0.5, 0.6) is 0 Å². The van der Waals surface area contributed by atoms with E-state index in [1.165, 1.54) is 0 Å². The molecule has 1 fully saturated rings. The lowest BCUT2D eigenvalue weighted by molar-refractivity contribution is 0.173. The van der Waals surface area contributed by atoms with Gasteiger partial charge in [0.1, 0.15) is 0 Å². The van der Waals surface area contributed by atoms with Crippen LogP contribution in [0.4, 0.5) is 0 Å². The molecular formula is C8H13N3O2. The van der Waals surface area contributed by atoms with Crippen LogP contribution in [0.15, 0.2) is 4.52 Å². The number of likely N-dealkylation sites (tertiary alicyclic amines) is 1. The molecule has 0 spiro atoms. The van der Waals surface area contributed by atoms with Gasteiger partial charge in [-0.2, -0.15) is 4.98 Å². The standard InChI is InChI=1S/C8H13N3O2/c1-6-9-8(10-13-6)5-11-3-2-7(12)4-11/h7,12H,2-5H2,1H3. The highest BCUT2D eigenvalue weighted by atomic mass is 16.5. The normalized spacial score (nSPS) is 24.0. The summed E-state index contributed by atoms with van der Waals surface area (Å²) >= 11 is 0. The van der Waals surface area contributed by atoms with Gasteiger partial charge in [-0.15, -0.1) is 0 Å². The molecule has 1 aliphatic rings. The van der Waals surface area contributed by atoms with Crippen molar-refractivity contribution < 1.29 is 9.63 Å². The number of aliphatic hydroxyl groups excluding tert-OH is 1. The van der Waals surface area contributed by atoms with Crippen LogP contribution in [-0.4, -0.2) is 39.3 Å². The zero-order chi connectivity index (χ0) is 9.26. The minimum Gasteiger partial charge on any atom is -0.392 e. The van der Waals surface area contributed by atoms with Crippen LogP contribution < -0.4 is 0 Å². The summed E-state index contributed by atoms with van der Waals surface area (Å²) in [7, 11) is 0. The first-order valence-electron chi connectivity index (χ1n) is 4.43. The Kier molecular flexibility index (Phi) is 2.28. The number of nitrogens with zero attached hydrogens (tertiary/aromatic N) is 3. The Morgan fingerprint density at radius 3 is 3.08 bits per heavy atom. The molecule has 0 amide bonds. The van der Waals surface area contributed by atoms with Crippen molar-refractivity contribution in [3.8, 4) is 0 Å². The fraction of sp³-hybridized carbons (Fsp3) is 0.750. The Hall–Kier alpha value is -0.940. The number of rotatable bonds is 2. The van der Waals surface area contributed by atoms with Crippen LogP contribution in [0.25, 0.3) is 0 Å². The van der Waals surface area contributed by atoms with Gasteiger partial charge in [-0.05, 0) is 6.42 Å². The quantitative estimate of drug-likeness (QED) is 0.696. The summed E-state index contributed by atoms with van der Waals surface area (Å²) in [4.78, 5) is 6.22. The van der Waals surface area contributed by atoms with Crippen LogP contribution in [-0.2, 0) is 6.54 Å². The topological polar surface area (TPSA) is 62.4 Å². The Morgan fingerprint density at radius 1 is 1.69 bits per heavy atom. The average Bonchev–Trinajstić information content (AvgIpc) is 2.62. The Bertz CT molecular complexity index is 287.